The molecule has 23 heavy (non-hydrogen) atoms. The molecule has 0 aromatic carbocycles. The van der Waals surface area contributed by atoms with Gasteiger partial charge >= 0.3 is 5.76 Å². The summed E-state index contributed by atoms with van der Waals surface area (Å²) in [7, 11) is 0. The van der Waals surface area contributed by atoms with Crippen molar-refractivity contribution < 1.29 is 9.21 Å². The molecular weight excluding hydrogens is 314 g/mol. The fraction of sp³-hybridized carbons (Fsp3) is 0.562. The second-order valence-electron chi connectivity index (χ2n) is 6.87. The van der Waals surface area contributed by atoms with Crippen molar-refractivity contribution in [1.29, 1.82) is 0 Å². The number of amides is 1. The third-order valence-corrected chi connectivity index (χ3v) is 4.90. The van der Waals surface area contributed by atoms with Crippen LogP contribution in [0.1, 0.15) is 39.7 Å². The maximum atomic E-state index is 12.3. The highest BCUT2D eigenvalue weighted by molar-refractivity contribution is 7.13. The highest BCUT2D eigenvalue weighted by atomic mass is 32.1. The monoisotopic (exact) mass is 335 g/mol. The molecule has 1 amide bonds. The van der Waals surface area contributed by atoms with E-state index in [9.17, 15) is 9.59 Å². The zero-order valence-electron chi connectivity index (χ0n) is 13.6. The number of rotatable bonds is 2. The molecule has 3 rings (SSSR count). The Balaban J connectivity index is 1.71. The molecule has 0 unspecified atom stereocenters. The van der Waals surface area contributed by atoms with E-state index in [2.05, 4.69) is 5.10 Å². The minimum atomic E-state index is -0.422. The highest BCUT2D eigenvalue weighted by Crippen LogP contribution is 2.27. The van der Waals surface area contributed by atoms with Gasteiger partial charge in [-0.25, -0.2) is 4.79 Å². The van der Waals surface area contributed by atoms with Crippen molar-refractivity contribution in [3.05, 3.63) is 28.1 Å². The van der Waals surface area contributed by atoms with Crippen LogP contribution in [0, 0.1) is 5.41 Å². The lowest BCUT2D eigenvalue weighted by Crippen LogP contribution is -2.45. The van der Waals surface area contributed by atoms with Gasteiger partial charge in [-0.2, -0.15) is 4.68 Å². The minimum Gasteiger partial charge on any atom is -0.387 e. The van der Waals surface area contributed by atoms with E-state index >= 15 is 0 Å². The van der Waals surface area contributed by atoms with Crippen molar-refractivity contribution in [3.8, 4) is 10.8 Å². The van der Waals surface area contributed by atoms with Crippen molar-refractivity contribution in [1.82, 2.24) is 14.7 Å². The van der Waals surface area contributed by atoms with Gasteiger partial charge < -0.3 is 9.32 Å². The molecule has 0 radical (unpaired) electrons. The Kier molecular flexibility index (Phi) is 4.14. The number of carbonyl (C=O) groups excluding carboxylic acids is 1. The summed E-state index contributed by atoms with van der Waals surface area (Å²) in [5.74, 6) is 0.106. The third kappa shape index (κ3) is 3.24. The van der Waals surface area contributed by atoms with Gasteiger partial charge in [-0.05, 0) is 24.3 Å². The van der Waals surface area contributed by atoms with Gasteiger partial charge in [0.2, 0.25) is 5.91 Å². The first kappa shape index (κ1) is 16.0. The molecule has 1 saturated heterocycles. The molecule has 0 saturated carbocycles. The molecule has 1 aliphatic rings. The van der Waals surface area contributed by atoms with Gasteiger partial charge in [-0.3, -0.25) is 4.79 Å². The summed E-state index contributed by atoms with van der Waals surface area (Å²) in [4.78, 5) is 27.1. The number of likely N-dealkylation sites (tertiary alicyclic amines) is 1. The van der Waals surface area contributed by atoms with E-state index in [1.54, 1.807) is 0 Å². The maximum absolute atomic E-state index is 12.3. The summed E-state index contributed by atoms with van der Waals surface area (Å²) in [5.41, 5.74) is -0.371. The summed E-state index contributed by atoms with van der Waals surface area (Å²) < 4.78 is 6.71. The number of hydrogen-bond acceptors (Lipinski definition) is 5. The van der Waals surface area contributed by atoms with Crippen LogP contribution in [0.4, 0.5) is 0 Å². The molecule has 124 valence electrons. The molecule has 1 fully saturated rings. The zero-order chi connectivity index (χ0) is 16.6. The zero-order valence-corrected chi connectivity index (χ0v) is 14.4. The molecule has 2 aromatic rings. The lowest BCUT2D eigenvalue weighted by Gasteiger charge is -2.35. The van der Waals surface area contributed by atoms with E-state index in [4.69, 9.17) is 4.42 Å². The summed E-state index contributed by atoms with van der Waals surface area (Å²) in [6, 6.07) is 3.77. The molecule has 0 aliphatic carbocycles. The van der Waals surface area contributed by atoms with Crippen molar-refractivity contribution in [2.75, 3.05) is 13.1 Å². The minimum absolute atomic E-state index is 0.0102. The van der Waals surface area contributed by atoms with E-state index in [-0.39, 0.29) is 17.4 Å². The van der Waals surface area contributed by atoms with Crippen LogP contribution in [0.5, 0.6) is 0 Å². The van der Waals surface area contributed by atoms with E-state index in [0.717, 1.165) is 17.7 Å². The van der Waals surface area contributed by atoms with E-state index < -0.39 is 5.76 Å². The molecular formula is C16H21N3O3S. The highest BCUT2D eigenvalue weighted by Gasteiger charge is 2.32. The number of carbonyl (C=O) groups is 1. The topological polar surface area (TPSA) is 68.3 Å². The molecule has 3 heterocycles. The number of aromatic nitrogens is 2. The Bertz CT molecular complexity index is 731. The van der Waals surface area contributed by atoms with Crippen LogP contribution in [0.15, 0.2) is 26.7 Å². The average molecular weight is 335 g/mol. The van der Waals surface area contributed by atoms with Gasteiger partial charge in [-0.15, -0.1) is 16.4 Å². The summed E-state index contributed by atoms with van der Waals surface area (Å²) in [6.07, 6.45) is 1.44. The van der Waals surface area contributed by atoms with E-state index in [0.29, 0.717) is 19.0 Å². The molecule has 0 spiro atoms. The molecule has 0 atom stereocenters. The Morgan fingerprint density at radius 1 is 1.35 bits per heavy atom. The van der Waals surface area contributed by atoms with Crippen LogP contribution < -0.4 is 5.76 Å². The summed E-state index contributed by atoms with van der Waals surface area (Å²) in [6.45, 7) is 7.08. The third-order valence-electron chi connectivity index (χ3n) is 4.04. The maximum Gasteiger partial charge on any atom is 0.437 e. The van der Waals surface area contributed by atoms with E-state index in [1.807, 2.05) is 43.2 Å². The second-order valence-corrected chi connectivity index (χ2v) is 7.82. The quantitative estimate of drug-likeness (QED) is 0.846. The van der Waals surface area contributed by atoms with E-state index in [1.165, 1.54) is 16.0 Å². The SMILES string of the molecule is CC(C)(C)C(=O)N1CCC(n2nc(-c3cccs3)oc2=O)CC1. The van der Waals surface area contributed by atoms with Crippen LogP contribution in [0.2, 0.25) is 0 Å². The summed E-state index contributed by atoms with van der Waals surface area (Å²) >= 11 is 1.49. The van der Waals surface area contributed by atoms with Crippen LogP contribution in [0.3, 0.4) is 0 Å². The molecule has 0 N–H and O–H groups in total. The molecule has 1 aliphatic heterocycles. The Labute approximate surface area is 138 Å². The number of hydrogen-bond donors (Lipinski definition) is 0. The fourth-order valence-electron chi connectivity index (χ4n) is 2.81. The Morgan fingerprint density at radius 2 is 2.04 bits per heavy atom. The van der Waals surface area contributed by atoms with Crippen molar-refractivity contribution >= 4 is 17.2 Å². The Hall–Kier alpha value is -1.89. The van der Waals surface area contributed by atoms with Gasteiger partial charge in [0.25, 0.3) is 5.89 Å². The van der Waals surface area contributed by atoms with Crippen LogP contribution in [0.25, 0.3) is 10.8 Å². The van der Waals surface area contributed by atoms with Gasteiger partial charge in [-0.1, -0.05) is 26.8 Å². The second kappa shape index (κ2) is 5.96. The first-order chi connectivity index (χ1) is 10.9. The van der Waals surface area contributed by atoms with Gasteiger partial charge in [0, 0.05) is 18.5 Å². The standard InChI is InChI=1S/C16H21N3O3S/c1-16(2,3)14(20)18-8-6-11(7-9-18)19-15(21)22-13(17-19)12-5-4-10-23-12/h4-5,10-11H,6-9H2,1-3H3. The molecule has 0 bridgehead atoms. The number of nitrogens with zero attached hydrogens (tertiary/aromatic N) is 3. The fourth-order valence-corrected chi connectivity index (χ4v) is 3.45. The Morgan fingerprint density at radius 3 is 2.61 bits per heavy atom. The molecule has 7 heteroatoms. The number of piperidine rings is 1. The summed E-state index contributed by atoms with van der Waals surface area (Å²) in [5, 5.41) is 6.26. The predicted octanol–water partition coefficient (Wildman–Crippen LogP) is 2.77. The lowest BCUT2D eigenvalue weighted by molar-refractivity contribution is -0.140. The smallest absolute Gasteiger partial charge is 0.387 e. The number of thiophene rings is 1. The van der Waals surface area contributed by atoms with Crippen molar-refractivity contribution in [2.24, 2.45) is 5.41 Å². The van der Waals surface area contributed by atoms with Gasteiger partial charge in [0.15, 0.2) is 0 Å². The lowest BCUT2D eigenvalue weighted by atomic mass is 9.93. The van der Waals surface area contributed by atoms with Crippen LogP contribution in [-0.2, 0) is 4.79 Å². The normalized spacial score (nSPS) is 16.7. The first-order valence-corrected chi connectivity index (χ1v) is 8.67. The van der Waals surface area contributed by atoms with Crippen LogP contribution >= 0.6 is 11.3 Å². The average Bonchev–Trinajstić information content (AvgIpc) is 3.15. The predicted molar refractivity (Wildman–Crippen MR) is 88.4 cm³/mol. The van der Waals surface area contributed by atoms with Crippen LogP contribution in [-0.4, -0.2) is 33.7 Å². The van der Waals surface area contributed by atoms with Gasteiger partial charge in [0.05, 0.1) is 10.9 Å². The van der Waals surface area contributed by atoms with Crippen molar-refractivity contribution in [3.63, 3.8) is 0 Å². The van der Waals surface area contributed by atoms with Gasteiger partial charge in [0.1, 0.15) is 0 Å². The largest absolute Gasteiger partial charge is 0.437 e. The molecule has 2 aromatic heterocycles. The van der Waals surface area contributed by atoms with Crippen molar-refractivity contribution in [2.45, 2.75) is 39.7 Å². The molecule has 6 nitrogen and oxygen atoms in total. The first-order valence-electron chi connectivity index (χ1n) is 7.79.